The van der Waals surface area contributed by atoms with Crippen LogP contribution in [-0.2, 0) is 6.54 Å². The highest BCUT2D eigenvalue weighted by atomic mass is 15.3. The third-order valence-corrected chi connectivity index (χ3v) is 3.79. The van der Waals surface area contributed by atoms with Crippen molar-refractivity contribution < 1.29 is 0 Å². The lowest BCUT2D eigenvalue weighted by Crippen LogP contribution is -2.47. The first-order valence-electron chi connectivity index (χ1n) is 7.11. The second kappa shape index (κ2) is 5.96. The van der Waals surface area contributed by atoms with Crippen LogP contribution in [-0.4, -0.2) is 47.4 Å². The van der Waals surface area contributed by atoms with Gasteiger partial charge in [-0.1, -0.05) is 18.2 Å². The summed E-state index contributed by atoms with van der Waals surface area (Å²) in [6.07, 6.45) is 3.59. The van der Waals surface area contributed by atoms with E-state index in [2.05, 4.69) is 45.2 Å². The molecule has 0 spiro atoms. The Morgan fingerprint density at radius 2 is 1.75 bits per heavy atom. The van der Waals surface area contributed by atoms with Crippen LogP contribution in [0.2, 0.25) is 0 Å². The van der Waals surface area contributed by atoms with Gasteiger partial charge >= 0.3 is 0 Å². The molecule has 0 aliphatic carbocycles. The molecule has 0 amide bonds. The number of nitrogens with zero attached hydrogens (tertiary/aromatic N) is 4. The van der Waals surface area contributed by atoms with Crippen LogP contribution in [0.1, 0.15) is 0 Å². The Kier molecular flexibility index (Phi) is 3.87. The highest BCUT2D eigenvalue weighted by Gasteiger charge is 2.16. The van der Waals surface area contributed by atoms with E-state index < -0.39 is 0 Å². The van der Waals surface area contributed by atoms with E-state index in [4.69, 9.17) is 5.73 Å². The van der Waals surface area contributed by atoms with Crippen molar-refractivity contribution in [3.05, 3.63) is 42.7 Å². The lowest BCUT2D eigenvalue weighted by molar-refractivity contribution is 0.244. The fraction of sp³-hybridized carbons (Fsp3) is 0.400. The molecule has 2 heterocycles. The van der Waals surface area contributed by atoms with E-state index in [0.717, 1.165) is 45.0 Å². The van der Waals surface area contributed by atoms with E-state index in [0.29, 0.717) is 0 Å². The van der Waals surface area contributed by atoms with Gasteiger partial charge in [0.15, 0.2) is 0 Å². The lowest BCUT2D eigenvalue weighted by atomic mass is 10.2. The summed E-state index contributed by atoms with van der Waals surface area (Å²) in [6, 6.07) is 10.6. The number of benzene rings is 1. The Morgan fingerprint density at radius 1 is 1.00 bits per heavy atom. The molecule has 1 fully saturated rings. The first kappa shape index (κ1) is 13.0. The Hall–Kier alpha value is -2.01. The fourth-order valence-electron chi connectivity index (χ4n) is 2.61. The van der Waals surface area contributed by atoms with Gasteiger partial charge in [-0.05, 0) is 12.1 Å². The summed E-state index contributed by atoms with van der Waals surface area (Å²) in [7, 11) is 0. The third-order valence-electron chi connectivity index (χ3n) is 3.79. The number of hydrogen-bond donors (Lipinski definition) is 1. The Balaban J connectivity index is 1.47. The quantitative estimate of drug-likeness (QED) is 0.910. The Labute approximate surface area is 119 Å². The number of anilines is 2. The predicted octanol–water partition coefficient (Wildman–Crippen LogP) is 1.29. The topological polar surface area (TPSA) is 50.3 Å². The molecule has 1 aliphatic heterocycles. The molecular formula is C15H21N5. The zero-order valence-corrected chi connectivity index (χ0v) is 11.7. The van der Waals surface area contributed by atoms with Crippen LogP contribution in [0.5, 0.6) is 0 Å². The van der Waals surface area contributed by atoms with Gasteiger partial charge in [0.2, 0.25) is 0 Å². The normalized spacial score (nSPS) is 16.5. The van der Waals surface area contributed by atoms with E-state index in [1.165, 1.54) is 5.69 Å². The number of para-hydroxylation sites is 1. The minimum absolute atomic E-state index is 0.735. The van der Waals surface area contributed by atoms with E-state index in [9.17, 15) is 0 Å². The predicted molar refractivity (Wildman–Crippen MR) is 81.7 cm³/mol. The standard InChI is InChI=1S/C15H21N5/c16-14-12-17-20(13-14)11-8-18-6-9-19(10-7-18)15-4-2-1-3-5-15/h1-5,12-13H,6-11,16H2. The molecule has 5 heteroatoms. The number of nitrogens with two attached hydrogens (primary N) is 1. The molecule has 1 aromatic heterocycles. The van der Waals surface area contributed by atoms with E-state index in [-0.39, 0.29) is 0 Å². The molecule has 20 heavy (non-hydrogen) atoms. The molecule has 0 atom stereocenters. The van der Waals surface area contributed by atoms with Crippen molar-refractivity contribution in [2.45, 2.75) is 6.54 Å². The first-order chi connectivity index (χ1) is 9.81. The van der Waals surface area contributed by atoms with Gasteiger partial charge in [-0.2, -0.15) is 5.10 Å². The Bertz CT molecular complexity index is 528. The zero-order valence-electron chi connectivity index (χ0n) is 11.7. The average Bonchev–Trinajstić information content (AvgIpc) is 2.92. The van der Waals surface area contributed by atoms with Crippen molar-refractivity contribution >= 4 is 11.4 Å². The van der Waals surface area contributed by atoms with Gasteiger partial charge in [0.1, 0.15) is 0 Å². The molecule has 0 bridgehead atoms. The molecule has 106 valence electrons. The van der Waals surface area contributed by atoms with Crippen molar-refractivity contribution in [2.24, 2.45) is 0 Å². The van der Waals surface area contributed by atoms with Crippen molar-refractivity contribution in [3.63, 3.8) is 0 Å². The molecule has 1 saturated heterocycles. The van der Waals surface area contributed by atoms with Gasteiger partial charge in [0.05, 0.1) is 18.4 Å². The molecule has 0 saturated carbocycles. The van der Waals surface area contributed by atoms with Gasteiger partial charge in [-0.15, -0.1) is 0 Å². The van der Waals surface area contributed by atoms with E-state index in [1.54, 1.807) is 6.20 Å². The second-order valence-corrected chi connectivity index (χ2v) is 5.20. The molecule has 3 rings (SSSR count). The fourth-order valence-corrected chi connectivity index (χ4v) is 2.61. The highest BCUT2D eigenvalue weighted by Crippen LogP contribution is 2.15. The summed E-state index contributed by atoms with van der Waals surface area (Å²) >= 11 is 0. The summed E-state index contributed by atoms with van der Waals surface area (Å²) in [5, 5.41) is 4.22. The zero-order chi connectivity index (χ0) is 13.8. The van der Waals surface area contributed by atoms with Crippen molar-refractivity contribution in [3.8, 4) is 0 Å². The average molecular weight is 271 g/mol. The van der Waals surface area contributed by atoms with Gasteiger partial charge in [-0.3, -0.25) is 9.58 Å². The summed E-state index contributed by atoms with van der Waals surface area (Å²) in [6.45, 7) is 6.32. The number of rotatable bonds is 4. The van der Waals surface area contributed by atoms with Crippen LogP contribution in [0.3, 0.4) is 0 Å². The minimum Gasteiger partial charge on any atom is -0.396 e. The van der Waals surface area contributed by atoms with Crippen LogP contribution in [0.4, 0.5) is 11.4 Å². The SMILES string of the molecule is Nc1cnn(CCN2CCN(c3ccccc3)CC2)c1. The summed E-state index contributed by atoms with van der Waals surface area (Å²) in [4.78, 5) is 4.93. The number of hydrogen-bond acceptors (Lipinski definition) is 4. The van der Waals surface area contributed by atoms with Gasteiger partial charge < -0.3 is 10.6 Å². The van der Waals surface area contributed by atoms with Crippen molar-refractivity contribution in [2.75, 3.05) is 43.4 Å². The molecule has 2 N–H and O–H groups in total. The molecule has 5 nitrogen and oxygen atoms in total. The first-order valence-corrected chi connectivity index (χ1v) is 7.11. The minimum atomic E-state index is 0.735. The summed E-state index contributed by atoms with van der Waals surface area (Å²) in [5.74, 6) is 0. The lowest BCUT2D eigenvalue weighted by Gasteiger charge is -2.36. The largest absolute Gasteiger partial charge is 0.396 e. The maximum absolute atomic E-state index is 5.67. The molecule has 2 aromatic rings. The number of nitrogen functional groups attached to an aromatic ring is 1. The summed E-state index contributed by atoms with van der Waals surface area (Å²) in [5.41, 5.74) is 7.73. The van der Waals surface area contributed by atoms with Crippen LogP contribution < -0.4 is 10.6 Å². The molecular weight excluding hydrogens is 250 g/mol. The van der Waals surface area contributed by atoms with E-state index >= 15 is 0 Å². The maximum atomic E-state index is 5.67. The van der Waals surface area contributed by atoms with Crippen LogP contribution >= 0.6 is 0 Å². The number of aromatic nitrogens is 2. The van der Waals surface area contributed by atoms with Gasteiger partial charge in [-0.25, -0.2) is 0 Å². The molecule has 1 aliphatic rings. The number of piperazine rings is 1. The van der Waals surface area contributed by atoms with Crippen LogP contribution in [0, 0.1) is 0 Å². The molecule has 0 radical (unpaired) electrons. The third kappa shape index (κ3) is 3.11. The maximum Gasteiger partial charge on any atom is 0.0719 e. The van der Waals surface area contributed by atoms with Crippen LogP contribution in [0.25, 0.3) is 0 Å². The monoisotopic (exact) mass is 271 g/mol. The smallest absolute Gasteiger partial charge is 0.0719 e. The van der Waals surface area contributed by atoms with Crippen molar-refractivity contribution in [1.29, 1.82) is 0 Å². The van der Waals surface area contributed by atoms with Crippen LogP contribution in [0.15, 0.2) is 42.7 Å². The summed E-state index contributed by atoms with van der Waals surface area (Å²) < 4.78 is 1.92. The van der Waals surface area contributed by atoms with E-state index in [1.807, 2.05) is 10.9 Å². The highest BCUT2D eigenvalue weighted by molar-refractivity contribution is 5.46. The van der Waals surface area contributed by atoms with Crippen molar-refractivity contribution in [1.82, 2.24) is 14.7 Å². The van der Waals surface area contributed by atoms with Gasteiger partial charge in [0, 0.05) is 44.6 Å². The second-order valence-electron chi connectivity index (χ2n) is 5.20. The van der Waals surface area contributed by atoms with Gasteiger partial charge in [0.25, 0.3) is 0 Å². The molecule has 0 unspecified atom stereocenters. The Morgan fingerprint density at radius 3 is 2.40 bits per heavy atom. The molecule has 1 aromatic carbocycles.